The van der Waals surface area contributed by atoms with Crippen LogP contribution in [0.15, 0.2) is 75.2 Å². The molecule has 0 radical (unpaired) electrons. The summed E-state index contributed by atoms with van der Waals surface area (Å²) in [4.78, 5) is 30.9. The van der Waals surface area contributed by atoms with E-state index in [1.54, 1.807) is 19.1 Å². The van der Waals surface area contributed by atoms with Gasteiger partial charge in [0.2, 0.25) is 5.88 Å². The van der Waals surface area contributed by atoms with E-state index in [2.05, 4.69) is 9.98 Å². The minimum atomic E-state index is -0.664. The number of aromatic nitrogens is 2. The Labute approximate surface area is 143 Å². The molecule has 0 atom stereocenters. The molecule has 0 aliphatic heterocycles. The normalized spacial score (nSPS) is 11.5. The average Bonchev–Trinajstić information content (AvgIpc) is 2.60. The van der Waals surface area contributed by atoms with Crippen molar-refractivity contribution in [2.45, 2.75) is 13.5 Å². The summed E-state index contributed by atoms with van der Waals surface area (Å²) in [5, 5.41) is 10.5. The zero-order valence-corrected chi connectivity index (χ0v) is 13.6. The number of benzene rings is 2. The van der Waals surface area contributed by atoms with E-state index in [0.717, 1.165) is 10.1 Å². The van der Waals surface area contributed by atoms with E-state index in [9.17, 15) is 14.7 Å². The molecule has 6 heteroatoms. The second-order valence-corrected chi connectivity index (χ2v) is 5.56. The molecule has 126 valence electrons. The molecule has 0 spiro atoms. The molecule has 3 rings (SSSR count). The van der Waals surface area contributed by atoms with Crippen LogP contribution in [0.1, 0.15) is 18.1 Å². The Kier molecular flexibility index (Phi) is 4.61. The van der Waals surface area contributed by atoms with Crippen molar-refractivity contribution < 1.29 is 5.11 Å². The predicted octanol–water partition coefficient (Wildman–Crippen LogP) is 2.43. The van der Waals surface area contributed by atoms with Crippen LogP contribution >= 0.6 is 0 Å². The molecule has 0 bridgehead atoms. The maximum atomic E-state index is 12.2. The highest BCUT2D eigenvalue weighted by molar-refractivity contribution is 6.01. The lowest BCUT2D eigenvalue weighted by atomic mass is 10.2. The molecule has 25 heavy (non-hydrogen) atoms. The summed E-state index contributed by atoms with van der Waals surface area (Å²) in [5.74, 6) is -0.394. The fourth-order valence-electron chi connectivity index (χ4n) is 2.55. The molecule has 6 nitrogen and oxygen atoms in total. The highest BCUT2D eigenvalue weighted by atomic mass is 16.3. The number of aliphatic imine (C=N–C) groups is 1. The second kappa shape index (κ2) is 7.00. The Bertz CT molecular complexity index is 1020. The summed E-state index contributed by atoms with van der Waals surface area (Å²) in [7, 11) is 0. The lowest BCUT2D eigenvalue weighted by Gasteiger charge is -2.11. The Hall–Kier alpha value is -3.41. The number of aromatic hydroxyl groups is 1. The summed E-state index contributed by atoms with van der Waals surface area (Å²) >= 11 is 0. The second-order valence-electron chi connectivity index (χ2n) is 5.56. The summed E-state index contributed by atoms with van der Waals surface area (Å²) < 4.78 is 1.12. The van der Waals surface area contributed by atoms with E-state index in [0.29, 0.717) is 11.4 Å². The van der Waals surface area contributed by atoms with E-state index >= 15 is 0 Å². The number of nitrogens with zero attached hydrogens (tertiary/aromatic N) is 2. The maximum Gasteiger partial charge on any atom is 0.331 e. The number of rotatable bonds is 4. The number of hydrogen-bond donors (Lipinski definition) is 2. The van der Waals surface area contributed by atoms with Crippen molar-refractivity contribution >= 4 is 11.4 Å². The van der Waals surface area contributed by atoms with Gasteiger partial charge in [0.25, 0.3) is 5.56 Å². The lowest BCUT2D eigenvalue weighted by molar-refractivity contribution is 0.408. The first-order chi connectivity index (χ1) is 12.1. The van der Waals surface area contributed by atoms with Crippen molar-refractivity contribution in [3.63, 3.8) is 0 Å². The molecular formula is C19H17N3O3. The standard InChI is InChI=1S/C19H17N3O3/c1-13(20-15-10-6-3-7-11-15)16-17(23)21-19(25)22(18(16)24)12-14-8-4-2-5-9-14/h2-11,24H,12H2,1H3,(H,21,23,25). The zero-order chi connectivity index (χ0) is 17.8. The Balaban J connectivity index is 2.09. The molecule has 1 aromatic heterocycles. The van der Waals surface area contributed by atoms with Crippen LogP contribution in [0.4, 0.5) is 5.69 Å². The number of hydrogen-bond acceptors (Lipinski definition) is 4. The SMILES string of the molecule is CC(=Nc1ccccc1)c1c(O)n(Cc2ccccc2)c(=O)[nH]c1=O. The molecular weight excluding hydrogens is 318 g/mol. The molecule has 0 fully saturated rings. The van der Waals surface area contributed by atoms with Crippen molar-refractivity contribution in [1.82, 2.24) is 9.55 Å². The number of H-pyrrole nitrogens is 1. The van der Waals surface area contributed by atoms with E-state index in [-0.39, 0.29) is 12.1 Å². The van der Waals surface area contributed by atoms with Gasteiger partial charge in [-0.2, -0.15) is 0 Å². The molecule has 0 unspecified atom stereocenters. The van der Waals surface area contributed by atoms with Gasteiger partial charge >= 0.3 is 5.69 Å². The quantitative estimate of drug-likeness (QED) is 0.718. The molecule has 2 N–H and O–H groups in total. The van der Waals surface area contributed by atoms with Gasteiger partial charge in [0.1, 0.15) is 5.56 Å². The molecule has 1 heterocycles. The van der Waals surface area contributed by atoms with Gasteiger partial charge in [0.05, 0.1) is 17.9 Å². The highest BCUT2D eigenvalue weighted by Gasteiger charge is 2.17. The van der Waals surface area contributed by atoms with Crippen molar-refractivity contribution in [2.75, 3.05) is 0 Å². The molecule has 0 saturated heterocycles. The monoisotopic (exact) mass is 335 g/mol. The van der Waals surface area contributed by atoms with E-state index < -0.39 is 17.1 Å². The average molecular weight is 335 g/mol. The molecule has 0 saturated carbocycles. The van der Waals surface area contributed by atoms with Crippen LogP contribution in [0.25, 0.3) is 0 Å². The smallest absolute Gasteiger partial charge is 0.331 e. The maximum absolute atomic E-state index is 12.2. The van der Waals surface area contributed by atoms with Crippen LogP contribution in [0.2, 0.25) is 0 Å². The first-order valence-electron chi connectivity index (χ1n) is 7.77. The van der Waals surface area contributed by atoms with Crippen molar-refractivity contribution in [3.8, 4) is 5.88 Å². The van der Waals surface area contributed by atoms with Crippen molar-refractivity contribution in [1.29, 1.82) is 0 Å². The third-order valence-corrected chi connectivity index (χ3v) is 3.77. The summed E-state index contributed by atoms with van der Waals surface area (Å²) in [6.45, 7) is 1.77. The molecule has 2 aromatic carbocycles. The van der Waals surface area contributed by atoms with Crippen molar-refractivity contribution in [2.24, 2.45) is 4.99 Å². The Morgan fingerprint density at radius 1 is 1.04 bits per heavy atom. The minimum Gasteiger partial charge on any atom is -0.494 e. The molecule has 0 aliphatic carbocycles. The van der Waals surface area contributed by atoms with Crippen LogP contribution in [0, 0.1) is 0 Å². The van der Waals surface area contributed by atoms with Gasteiger partial charge in [-0.15, -0.1) is 0 Å². The predicted molar refractivity (Wildman–Crippen MR) is 96.8 cm³/mol. The highest BCUT2D eigenvalue weighted by Crippen LogP contribution is 2.17. The van der Waals surface area contributed by atoms with Crippen molar-refractivity contribution in [3.05, 3.63) is 92.6 Å². The third kappa shape index (κ3) is 3.58. The van der Waals surface area contributed by atoms with Crippen LogP contribution < -0.4 is 11.2 Å². The van der Waals surface area contributed by atoms with Crippen LogP contribution in [0.5, 0.6) is 5.88 Å². The van der Waals surface area contributed by atoms with Crippen LogP contribution in [-0.4, -0.2) is 20.4 Å². The first kappa shape index (κ1) is 16.4. The summed E-state index contributed by atoms with van der Waals surface area (Å²) in [5.41, 5.74) is 0.466. The third-order valence-electron chi connectivity index (χ3n) is 3.77. The summed E-state index contributed by atoms with van der Waals surface area (Å²) in [6, 6.07) is 18.3. The topological polar surface area (TPSA) is 87.4 Å². The lowest BCUT2D eigenvalue weighted by Crippen LogP contribution is -2.33. The van der Waals surface area contributed by atoms with Gasteiger partial charge < -0.3 is 5.11 Å². The molecule has 0 amide bonds. The largest absolute Gasteiger partial charge is 0.494 e. The van der Waals surface area contributed by atoms with Crippen LogP contribution in [-0.2, 0) is 6.54 Å². The fourth-order valence-corrected chi connectivity index (χ4v) is 2.55. The van der Waals surface area contributed by atoms with E-state index in [1.165, 1.54) is 0 Å². The Morgan fingerprint density at radius 2 is 1.64 bits per heavy atom. The van der Waals surface area contributed by atoms with Gasteiger partial charge in [0, 0.05) is 0 Å². The number of para-hydroxylation sites is 1. The zero-order valence-electron chi connectivity index (χ0n) is 13.6. The van der Waals surface area contributed by atoms with Gasteiger partial charge in [-0.3, -0.25) is 19.3 Å². The van der Waals surface area contributed by atoms with Crippen LogP contribution in [0.3, 0.4) is 0 Å². The number of nitrogens with one attached hydrogen (secondary N) is 1. The van der Waals surface area contributed by atoms with Gasteiger partial charge in [-0.1, -0.05) is 48.5 Å². The van der Waals surface area contributed by atoms with Gasteiger partial charge in [-0.25, -0.2) is 4.79 Å². The van der Waals surface area contributed by atoms with Gasteiger partial charge in [0.15, 0.2) is 0 Å². The van der Waals surface area contributed by atoms with E-state index in [1.807, 2.05) is 48.5 Å². The molecule has 0 aliphatic rings. The fraction of sp³-hybridized carbons (Fsp3) is 0.105. The summed E-state index contributed by atoms with van der Waals surface area (Å²) in [6.07, 6.45) is 0. The number of aromatic amines is 1. The molecule has 3 aromatic rings. The first-order valence-corrected chi connectivity index (χ1v) is 7.77. The minimum absolute atomic E-state index is 0.0145. The van der Waals surface area contributed by atoms with E-state index in [4.69, 9.17) is 0 Å². The Morgan fingerprint density at radius 3 is 2.28 bits per heavy atom. The van der Waals surface area contributed by atoms with Gasteiger partial charge in [-0.05, 0) is 24.6 Å².